The predicted molar refractivity (Wildman–Crippen MR) is 60.8 cm³/mol. The average Bonchev–Trinajstić information content (AvgIpc) is 2.67. The molecule has 0 spiro atoms. The number of hydrogen-bond acceptors (Lipinski definition) is 2. The van der Waals surface area contributed by atoms with Crippen LogP contribution in [0.3, 0.4) is 0 Å². The van der Waals surface area contributed by atoms with Gasteiger partial charge < -0.3 is 9.64 Å². The molecule has 0 aromatic heterocycles. The Kier molecular flexibility index (Phi) is 2.46. The van der Waals surface area contributed by atoms with E-state index < -0.39 is 0 Å². The fourth-order valence-electron chi connectivity index (χ4n) is 3.56. The van der Waals surface area contributed by atoms with E-state index in [4.69, 9.17) is 4.74 Å². The maximum absolute atomic E-state index is 12.3. The zero-order valence-electron chi connectivity index (χ0n) is 10.2. The highest BCUT2D eigenvalue weighted by Gasteiger charge is 2.59. The van der Waals surface area contributed by atoms with Crippen LogP contribution in [0, 0.1) is 29.6 Å². The summed E-state index contributed by atoms with van der Waals surface area (Å²) >= 11 is 0. The fraction of sp³-hybridized carbons (Fsp3) is 0.923. The molecule has 2 aliphatic heterocycles. The molecule has 3 rings (SSSR count). The fourth-order valence-corrected chi connectivity index (χ4v) is 3.56. The van der Waals surface area contributed by atoms with E-state index in [9.17, 15) is 4.79 Å². The molecule has 3 nitrogen and oxygen atoms in total. The molecule has 0 N–H and O–H groups in total. The minimum absolute atomic E-state index is 0.316. The summed E-state index contributed by atoms with van der Waals surface area (Å²) in [7, 11) is 0. The zero-order valence-corrected chi connectivity index (χ0v) is 10.2. The van der Waals surface area contributed by atoms with Gasteiger partial charge in [0.15, 0.2) is 0 Å². The smallest absolute Gasteiger partial charge is 0.226 e. The van der Waals surface area contributed by atoms with Gasteiger partial charge in [-0.2, -0.15) is 0 Å². The highest BCUT2D eigenvalue weighted by molar-refractivity contribution is 5.83. The summed E-state index contributed by atoms with van der Waals surface area (Å²) in [5.74, 6) is 3.26. The van der Waals surface area contributed by atoms with Crippen molar-refractivity contribution in [3.05, 3.63) is 0 Å². The van der Waals surface area contributed by atoms with Crippen LogP contribution in [-0.2, 0) is 9.53 Å². The lowest BCUT2D eigenvalue weighted by Gasteiger charge is -2.17. The third kappa shape index (κ3) is 1.48. The van der Waals surface area contributed by atoms with Crippen LogP contribution < -0.4 is 0 Å². The lowest BCUT2D eigenvalue weighted by atomic mass is 9.96. The average molecular weight is 223 g/mol. The van der Waals surface area contributed by atoms with Crippen molar-refractivity contribution in [3.63, 3.8) is 0 Å². The second-order valence-corrected chi connectivity index (χ2v) is 5.78. The SMILES string of the molecule is CCC1CN(C(=O)C2C3COCC32)CC1C. The molecule has 16 heavy (non-hydrogen) atoms. The van der Waals surface area contributed by atoms with Crippen LogP contribution in [0.5, 0.6) is 0 Å². The van der Waals surface area contributed by atoms with E-state index in [1.54, 1.807) is 0 Å². The predicted octanol–water partition coefficient (Wildman–Crippen LogP) is 1.38. The van der Waals surface area contributed by atoms with Crippen molar-refractivity contribution >= 4 is 5.91 Å². The highest BCUT2D eigenvalue weighted by atomic mass is 16.5. The van der Waals surface area contributed by atoms with Gasteiger partial charge in [0.2, 0.25) is 5.91 Å². The molecular weight excluding hydrogens is 202 g/mol. The number of fused-ring (bicyclic) bond motifs is 1. The number of hydrogen-bond donors (Lipinski definition) is 0. The van der Waals surface area contributed by atoms with Gasteiger partial charge in [0, 0.05) is 19.0 Å². The summed E-state index contributed by atoms with van der Waals surface area (Å²) in [4.78, 5) is 14.4. The second kappa shape index (κ2) is 3.73. The highest BCUT2D eigenvalue weighted by Crippen LogP contribution is 2.52. The molecule has 0 bridgehead atoms. The van der Waals surface area contributed by atoms with Crippen LogP contribution in [0.2, 0.25) is 0 Å². The van der Waals surface area contributed by atoms with E-state index in [2.05, 4.69) is 18.7 Å². The molecule has 0 aromatic carbocycles. The summed E-state index contributed by atoms with van der Waals surface area (Å²) in [5, 5.41) is 0. The van der Waals surface area contributed by atoms with Crippen molar-refractivity contribution in [2.24, 2.45) is 29.6 Å². The third-order valence-electron chi connectivity index (χ3n) is 4.84. The van der Waals surface area contributed by atoms with Gasteiger partial charge in [0.05, 0.1) is 13.2 Å². The molecule has 0 radical (unpaired) electrons. The maximum atomic E-state index is 12.3. The molecule has 3 heteroatoms. The van der Waals surface area contributed by atoms with E-state index in [1.807, 2.05) is 0 Å². The summed E-state index contributed by atoms with van der Waals surface area (Å²) in [6.45, 7) is 8.12. The molecule has 1 saturated carbocycles. The number of nitrogens with zero attached hydrogens (tertiary/aromatic N) is 1. The first kappa shape index (κ1) is 10.6. The van der Waals surface area contributed by atoms with Crippen molar-refractivity contribution < 1.29 is 9.53 Å². The van der Waals surface area contributed by atoms with E-state index >= 15 is 0 Å². The molecule has 4 atom stereocenters. The molecule has 4 unspecified atom stereocenters. The topological polar surface area (TPSA) is 29.5 Å². The minimum atomic E-state index is 0.316. The Morgan fingerprint density at radius 3 is 2.56 bits per heavy atom. The number of likely N-dealkylation sites (tertiary alicyclic amines) is 1. The van der Waals surface area contributed by atoms with Crippen LogP contribution in [0.25, 0.3) is 0 Å². The standard InChI is InChI=1S/C13H21NO2/c1-3-9-5-14(4-8(9)2)13(15)12-10-6-16-7-11(10)12/h8-12H,3-7H2,1-2H3. The van der Waals surface area contributed by atoms with E-state index in [-0.39, 0.29) is 0 Å². The number of carbonyl (C=O) groups is 1. The minimum Gasteiger partial charge on any atom is -0.381 e. The number of rotatable bonds is 2. The van der Waals surface area contributed by atoms with Crippen molar-refractivity contribution in [1.29, 1.82) is 0 Å². The quantitative estimate of drug-likeness (QED) is 0.708. The Morgan fingerprint density at radius 1 is 1.31 bits per heavy atom. The first-order valence-corrected chi connectivity index (χ1v) is 6.59. The van der Waals surface area contributed by atoms with Gasteiger partial charge in [0.1, 0.15) is 0 Å². The largest absolute Gasteiger partial charge is 0.381 e. The van der Waals surface area contributed by atoms with E-state index in [0.29, 0.717) is 29.6 Å². The van der Waals surface area contributed by atoms with Crippen molar-refractivity contribution in [2.75, 3.05) is 26.3 Å². The van der Waals surface area contributed by atoms with Crippen LogP contribution in [0.4, 0.5) is 0 Å². The molecule has 2 heterocycles. The van der Waals surface area contributed by atoms with Crippen LogP contribution in [0.15, 0.2) is 0 Å². The summed E-state index contributed by atoms with van der Waals surface area (Å²) < 4.78 is 5.34. The van der Waals surface area contributed by atoms with Crippen molar-refractivity contribution in [2.45, 2.75) is 20.3 Å². The maximum Gasteiger partial charge on any atom is 0.226 e. The van der Waals surface area contributed by atoms with Crippen LogP contribution >= 0.6 is 0 Å². The molecule has 3 fully saturated rings. The molecule has 0 aromatic rings. The van der Waals surface area contributed by atoms with Crippen LogP contribution in [0.1, 0.15) is 20.3 Å². The summed E-state index contributed by atoms with van der Waals surface area (Å²) in [6.07, 6.45) is 1.20. The van der Waals surface area contributed by atoms with Gasteiger partial charge in [-0.25, -0.2) is 0 Å². The second-order valence-electron chi connectivity index (χ2n) is 5.78. The number of ether oxygens (including phenoxy) is 1. The Hall–Kier alpha value is -0.570. The van der Waals surface area contributed by atoms with Gasteiger partial charge >= 0.3 is 0 Å². The molecule has 90 valence electrons. The first-order chi connectivity index (χ1) is 7.72. The molecular formula is C13H21NO2. The van der Waals surface area contributed by atoms with Gasteiger partial charge in [-0.3, -0.25) is 4.79 Å². The zero-order chi connectivity index (χ0) is 11.3. The van der Waals surface area contributed by atoms with Gasteiger partial charge in [-0.05, 0) is 23.7 Å². The summed E-state index contributed by atoms with van der Waals surface area (Å²) in [6, 6.07) is 0. The molecule has 1 amide bonds. The van der Waals surface area contributed by atoms with Crippen LogP contribution in [-0.4, -0.2) is 37.1 Å². The lowest BCUT2D eigenvalue weighted by molar-refractivity contribution is -0.133. The van der Waals surface area contributed by atoms with E-state index in [1.165, 1.54) is 6.42 Å². The number of amides is 1. The molecule has 1 aliphatic carbocycles. The van der Waals surface area contributed by atoms with Gasteiger partial charge in [0.25, 0.3) is 0 Å². The Balaban J connectivity index is 1.60. The van der Waals surface area contributed by atoms with Gasteiger partial charge in [-0.1, -0.05) is 20.3 Å². The van der Waals surface area contributed by atoms with Gasteiger partial charge in [-0.15, -0.1) is 0 Å². The Labute approximate surface area is 97.1 Å². The Bertz CT molecular complexity index is 294. The molecule has 2 saturated heterocycles. The lowest BCUT2D eigenvalue weighted by Crippen LogP contribution is -2.32. The first-order valence-electron chi connectivity index (χ1n) is 6.59. The summed E-state index contributed by atoms with van der Waals surface area (Å²) in [5.41, 5.74) is 0. The number of carbonyl (C=O) groups excluding carboxylic acids is 1. The van der Waals surface area contributed by atoms with Crippen molar-refractivity contribution in [3.8, 4) is 0 Å². The van der Waals surface area contributed by atoms with Crippen molar-refractivity contribution in [1.82, 2.24) is 4.90 Å². The molecule has 3 aliphatic rings. The normalized spacial score (nSPS) is 45.9. The Morgan fingerprint density at radius 2 is 2.00 bits per heavy atom. The van der Waals surface area contributed by atoms with E-state index in [0.717, 1.165) is 32.2 Å². The monoisotopic (exact) mass is 223 g/mol. The third-order valence-corrected chi connectivity index (χ3v) is 4.84.